The minimum atomic E-state index is -0.139. The van der Waals surface area contributed by atoms with Gasteiger partial charge in [0, 0.05) is 11.7 Å². The molecule has 1 aromatic carbocycles. The summed E-state index contributed by atoms with van der Waals surface area (Å²) < 4.78 is 0. The fraction of sp³-hybridized carbons (Fsp3) is 0.400. The van der Waals surface area contributed by atoms with Gasteiger partial charge in [-0.2, -0.15) is 0 Å². The average Bonchev–Trinajstić information content (AvgIpc) is 2.16. The maximum absolute atomic E-state index is 8.73. The highest BCUT2D eigenvalue weighted by molar-refractivity contribution is 5.46. The molecule has 72 valence electrons. The second kappa shape index (κ2) is 4.84. The van der Waals surface area contributed by atoms with E-state index in [9.17, 15) is 0 Å². The van der Waals surface area contributed by atoms with Crippen molar-refractivity contribution in [2.24, 2.45) is 5.73 Å². The number of benzene rings is 1. The number of nitrogen functional groups attached to an aromatic ring is 1. The molecule has 1 unspecified atom stereocenters. The molecule has 0 aromatic heterocycles. The van der Waals surface area contributed by atoms with Gasteiger partial charge in [0.25, 0.3) is 0 Å². The first-order valence-corrected chi connectivity index (χ1v) is 4.44. The van der Waals surface area contributed by atoms with Crippen LogP contribution in [-0.2, 0) is 6.42 Å². The largest absolute Gasteiger partial charge is 0.399 e. The van der Waals surface area contributed by atoms with E-state index >= 15 is 0 Å². The number of nitrogens with two attached hydrogens (primary N) is 2. The molecular weight excluding hydrogens is 164 g/mol. The minimum absolute atomic E-state index is 0.0345. The van der Waals surface area contributed by atoms with Gasteiger partial charge in [-0.05, 0) is 24.5 Å². The fourth-order valence-corrected chi connectivity index (χ4v) is 1.19. The summed E-state index contributed by atoms with van der Waals surface area (Å²) in [6, 6.07) is 7.58. The number of aliphatic hydroxyl groups excluding tert-OH is 1. The molecular formula is C10H16N2O. The Balaban J connectivity index is 2.50. The molecule has 1 rings (SSSR count). The normalized spacial score (nSPS) is 12.8. The van der Waals surface area contributed by atoms with Gasteiger partial charge >= 0.3 is 0 Å². The maximum Gasteiger partial charge on any atom is 0.0582 e. The number of hydrogen-bond donors (Lipinski definition) is 3. The van der Waals surface area contributed by atoms with E-state index in [0.717, 1.165) is 24.1 Å². The lowest BCUT2D eigenvalue weighted by molar-refractivity contribution is 0.260. The SMILES string of the molecule is Nc1ccccc1CCC(N)CO. The van der Waals surface area contributed by atoms with Crippen LogP contribution < -0.4 is 11.5 Å². The van der Waals surface area contributed by atoms with Gasteiger partial charge in [0.15, 0.2) is 0 Å². The Morgan fingerprint density at radius 2 is 2.00 bits per heavy atom. The third-order valence-corrected chi connectivity index (χ3v) is 2.07. The molecule has 0 bridgehead atoms. The van der Waals surface area contributed by atoms with E-state index in [1.165, 1.54) is 0 Å². The fourth-order valence-electron chi connectivity index (χ4n) is 1.19. The van der Waals surface area contributed by atoms with Crippen LogP contribution in [0, 0.1) is 0 Å². The van der Waals surface area contributed by atoms with Crippen LogP contribution in [0.25, 0.3) is 0 Å². The molecule has 0 saturated heterocycles. The van der Waals surface area contributed by atoms with Crippen LogP contribution in [0.15, 0.2) is 24.3 Å². The molecule has 0 aliphatic heterocycles. The Morgan fingerprint density at radius 3 is 2.62 bits per heavy atom. The summed E-state index contributed by atoms with van der Waals surface area (Å²) in [6.07, 6.45) is 1.60. The van der Waals surface area contributed by atoms with Crippen molar-refractivity contribution >= 4 is 5.69 Å². The smallest absolute Gasteiger partial charge is 0.0582 e. The van der Waals surface area contributed by atoms with Gasteiger partial charge in [-0.15, -0.1) is 0 Å². The van der Waals surface area contributed by atoms with E-state index in [0.29, 0.717) is 0 Å². The molecule has 0 radical (unpaired) electrons. The molecule has 0 fully saturated rings. The molecule has 5 N–H and O–H groups in total. The van der Waals surface area contributed by atoms with Crippen molar-refractivity contribution < 1.29 is 5.11 Å². The van der Waals surface area contributed by atoms with Crippen LogP contribution in [0.1, 0.15) is 12.0 Å². The molecule has 0 amide bonds. The van der Waals surface area contributed by atoms with E-state index in [1.54, 1.807) is 0 Å². The standard InChI is InChI=1S/C10H16N2O/c11-9(7-13)6-5-8-3-1-2-4-10(8)12/h1-4,9,13H,5-7,11-12H2. The second-order valence-corrected chi connectivity index (χ2v) is 3.18. The van der Waals surface area contributed by atoms with Gasteiger partial charge in [0.2, 0.25) is 0 Å². The highest BCUT2D eigenvalue weighted by atomic mass is 16.3. The Labute approximate surface area is 78.4 Å². The summed E-state index contributed by atoms with van der Waals surface area (Å²) in [7, 11) is 0. The minimum Gasteiger partial charge on any atom is -0.399 e. The quantitative estimate of drug-likeness (QED) is 0.591. The van der Waals surface area contributed by atoms with Crippen LogP contribution in [0.2, 0.25) is 0 Å². The molecule has 3 nitrogen and oxygen atoms in total. The lowest BCUT2D eigenvalue weighted by Crippen LogP contribution is -2.24. The topological polar surface area (TPSA) is 72.3 Å². The number of aryl methyl sites for hydroxylation is 1. The van der Waals surface area contributed by atoms with Crippen molar-refractivity contribution in [2.45, 2.75) is 18.9 Å². The molecule has 0 aliphatic rings. The Bertz CT molecular complexity index is 263. The van der Waals surface area contributed by atoms with Gasteiger partial charge in [-0.25, -0.2) is 0 Å². The van der Waals surface area contributed by atoms with Crippen molar-refractivity contribution in [3.05, 3.63) is 29.8 Å². The predicted molar refractivity (Wildman–Crippen MR) is 54.2 cm³/mol. The van der Waals surface area contributed by atoms with Crippen molar-refractivity contribution in [1.29, 1.82) is 0 Å². The Hall–Kier alpha value is -1.06. The summed E-state index contributed by atoms with van der Waals surface area (Å²) in [5.41, 5.74) is 13.2. The summed E-state index contributed by atoms with van der Waals surface area (Å²) in [4.78, 5) is 0. The number of hydrogen-bond acceptors (Lipinski definition) is 3. The zero-order valence-corrected chi connectivity index (χ0v) is 7.61. The molecule has 0 spiro atoms. The van der Waals surface area contributed by atoms with Gasteiger partial charge in [0.1, 0.15) is 0 Å². The van der Waals surface area contributed by atoms with Crippen molar-refractivity contribution in [3.63, 3.8) is 0 Å². The number of rotatable bonds is 4. The highest BCUT2D eigenvalue weighted by Crippen LogP contribution is 2.12. The summed E-state index contributed by atoms with van der Waals surface area (Å²) in [5.74, 6) is 0. The maximum atomic E-state index is 8.73. The van der Waals surface area contributed by atoms with Crippen LogP contribution in [0.3, 0.4) is 0 Å². The predicted octanol–water partition coefficient (Wildman–Crippen LogP) is 0.521. The molecule has 13 heavy (non-hydrogen) atoms. The summed E-state index contributed by atoms with van der Waals surface area (Å²) >= 11 is 0. The number of anilines is 1. The number of aliphatic hydroxyl groups is 1. The summed E-state index contributed by atoms with van der Waals surface area (Å²) in [6.45, 7) is 0.0345. The molecule has 1 atom stereocenters. The van der Waals surface area contributed by atoms with E-state index in [2.05, 4.69) is 0 Å². The van der Waals surface area contributed by atoms with E-state index in [4.69, 9.17) is 16.6 Å². The number of para-hydroxylation sites is 1. The Morgan fingerprint density at radius 1 is 1.31 bits per heavy atom. The first-order chi connectivity index (χ1) is 6.24. The van der Waals surface area contributed by atoms with E-state index < -0.39 is 0 Å². The van der Waals surface area contributed by atoms with Crippen LogP contribution >= 0.6 is 0 Å². The van der Waals surface area contributed by atoms with E-state index in [1.807, 2.05) is 24.3 Å². The van der Waals surface area contributed by atoms with Crippen LogP contribution in [0.5, 0.6) is 0 Å². The van der Waals surface area contributed by atoms with Crippen molar-refractivity contribution in [3.8, 4) is 0 Å². The van der Waals surface area contributed by atoms with Crippen LogP contribution in [-0.4, -0.2) is 17.8 Å². The average molecular weight is 180 g/mol. The third kappa shape index (κ3) is 3.05. The summed E-state index contributed by atoms with van der Waals surface area (Å²) in [5, 5.41) is 8.73. The first-order valence-electron chi connectivity index (χ1n) is 4.44. The molecule has 3 heteroatoms. The zero-order valence-electron chi connectivity index (χ0n) is 7.61. The molecule has 1 aromatic rings. The first kappa shape index (κ1) is 10.0. The lowest BCUT2D eigenvalue weighted by atomic mass is 10.0. The van der Waals surface area contributed by atoms with Gasteiger partial charge < -0.3 is 16.6 Å². The highest BCUT2D eigenvalue weighted by Gasteiger charge is 2.02. The van der Waals surface area contributed by atoms with Gasteiger partial charge in [-0.3, -0.25) is 0 Å². The van der Waals surface area contributed by atoms with Crippen LogP contribution in [0.4, 0.5) is 5.69 Å². The van der Waals surface area contributed by atoms with Crippen molar-refractivity contribution in [1.82, 2.24) is 0 Å². The Kier molecular flexibility index (Phi) is 3.73. The van der Waals surface area contributed by atoms with E-state index in [-0.39, 0.29) is 12.6 Å². The second-order valence-electron chi connectivity index (χ2n) is 3.18. The molecule has 0 heterocycles. The molecule has 0 saturated carbocycles. The third-order valence-electron chi connectivity index (χ3n) is 2.07. The van der Waals surface area contributed by atoms with Crippen molar-refractivity contribution in [2.75, 3.05) is 12.3 Å². The lowest BCUT2D eigenvalue weighted by Gasteiger charge is -2.08. The molecule has 0 aliphatic carbocycles. The zero-order chi connectivity index (χ0) is 9.68. The van der Waals surface area contributed by atoms with Gasteiger partial charge in [0.05, 0.1) is 6.61 Å². The van der Waals surface area contributed by atoms with Gasteiger partial charge in [-0.1, -0.05) is 18.2 Å². The monoisotopic (exact) mass is 180 g/mol.